The number of halogens is 1. The molecule has 2 rings (SSSR count). The molecule has 4 nitrogen and oxygen atoms in total. The monoisotopic (exact) mass is 265 g/mol. The van der Waals surface area contributed by atoms with Crippen molar-refractivity contribution >= 4 is 11.7 Å². The first-order chi connectivity index (χ1) is 9.19. The highest BCUT2D eigenvalue weighted by atomic mass is 19.1. The Bertz CT molecular complexity index is 413. The van der Waals surface area contributed by atoms with E-state index in [-0.39, 0.29) is 11.8 Å². The van der Waals surface area contributed by atoms with Gasteiger partial charge in [0.2, 0.25) is 0 Å². The van der Waals surface area contributed by atoms with Crippen molar-refractivity contribution in [3.8, 4) is 0 Å². The van der Waals surface area contributed by atoms with Crippen molar-refractivity contribution in [1.29, 1.82) is 0 Å². The smallest absolute Gasteiger partial charge is 0.321 e. The zero-order chi connectivity index (χ0) is 13.7. The van der Waals surface area contributed by atoms with Crippen molar-refractivity contribution in [2.75, 3.05) is 32.0 Å². The van der Waals surface area contributed by atoms with E-state index in [1.807, 2.05) is 11.9 Å². The number of hydrogen-bond acceptors (Lipinski definition) is 2. The summed E-state index contributed by atoms with van der Waals surface area (Å²) in [5.41, 5.74) is 0.628. The number of urea groups is 1. The molecule has 1 aromatic carbocycles. The third-order valence-corrected chi connectivity index (χ3v) is 3.49. The highest BCUT2D eigenvalue weighted by Gasteiger charge is 2.22. The molecule has 0 unspecified atom stereocenters. The molecule has 0 aromatic heterocycles. The Morgan fingerprint density at radius 1 is 1.32 bits per heavy atom. The summed E-state index contributed by atoms with van der Waals surface area (Å²) in [5, 5.41) is 5.96. The molecule has 0 saturated carbocycles. The van der Waals surface area contributed by atoms with E-state index in [4.69, 9.17) is 0 Å². The molecule has 1 aliphatic heterocycles. The highest BCUT2D eigenvalue weighted by Crippen LogP contribution is 2.17. The minimum atomic E-state index is -0.300. The van der Waals surface area contributed by atoms with E-state index >= 15 is 0 Å². The van der Waals surface area contributed by atoms with Crippen LogP contribution in [0, 0.1) is 11.7 Å². The fourth-order valence-electron chi connectivity index (χ4n) is 2.36. The molecule has 0 radical (unpaired) electrons. The van der Waals surface area contributed by atoms with Gasteiger partial charge in [-0.3, -0.25) is 0 Å². The summed E-state index contributed by atoms with van der Waals surface area (Å²) in [4.78, 5) is 13.8. The maximum Gasteiger partial charge on any atom is 0.321 e. The molecule has 0 bridgehead atoms. The first-order valence-corrected chi connectivity index (χ1v) is 6.65. The van der Waals surface area contributed by atoms with Crippen LogP contribution in [0.5, 0.6) is 0 Å². The number of nitrogens with one attached hydrogen (secondary N) is 2. The van der Waals surface area contributed by atoms with Gasteiger partial charge < -0.3 is 15.5 Å². The highest BCUT2D eigenvalue weighted by molar-refractivity contribution is 5.89. The number of carbonyl (C=O) groups excluding carboxylic acids is 1. The number of rotatable bonds is 3. The summed E-state index contributed by atoms with van der Waals surface area (Å²) in [5.74, 6) is 0.353. The van der Waals surface area contributed by atoms with E-state index in [2.05, 4.69) is 10.6 Å². The van der Waals surface area contributed by atoms with Crippen molar-refractivity contribution in [2.45, 2.75) is 12.8 Å². The summed E-state index contributed by atoms with van der Waals surface area (Å²) >= 11 is 0. The predicted octanol–water partition coefficient (Wildman–Crippen LogP) is 2.29. The molecule has 2 amide bonds. The van der Waals surface area contributed by atoms with Gasteiger partial charge in [0, 0.05) is 18.8 Å². The number of anilines is 1. The molecule has 1 fully saturated rings. The lowest BCUT2D eigenvalue weighted by Crippen LogP contribution is -2.42. The number of nitrogens with zero attached hydrogens (tertiary/aromatic N) is 1. The molecule has 2 N–H and O–H groups in total. The van der Waals surface area contributed by atoms with Crippen LogP contribution < -0.4 is 10.6 Å². The second-order valence-electron chi connectivity index (χ2n) is 4.93. The maximum absolute atomic E-state index is 12.8. The molecule has 0 aliphatic carbocycles. The Labute approximate surface area is 113 Å². The Kier molecular flexibility index (Phi) is 4.74. The Hall–Kier alpha value is -1.62. The van der Waals surface area contributed by atoms with E-state index in [1.165, 1.54) is 12.1 Å². The van der Waals surface area contributed by atoms with Crippen LogP contribution in [-0.4, -0.2) is 37.6 Å². The van der Waals surface area contributed by atoms with Crippen LogP contribution in [0.4, 0.5) is 14.9 Å². The average molecular weight is 265 g/mol. The molecule has 1 saturated heterocycles. The van der Waals surface area contributed by atoms with Crippen LogP contribution in [0.15, 0.2) is 24.3 Å². The molecule has 0 spiro atoms. The first-order valence-electron chi connectivity index (χ1n) is 6.65. The van der Waals surface area contributed by atoms with Crippen molar-refractivity contribution in [2.24, 2.45) is 5.92 Å². The zero-order valence-electron chi connectivity index (χ0n) is 11.2. The topological polar surface area (TPSA) is 44.4 Å². The van der Waals surface area contributed by atoms with Gasteiger partial charge in [-0.15, -0.1) is 0 Å². The second-order valence-corrected chi connectivity index (χ2v) is 4.93. The van der Waals surface area contributed by atoms with Crippen molar-refractivity contribution in [1.82, 2.24) is 10.2 Å². The Morgan fingerprint density at radius 2 is 1.95 bits per heavy atom. The standard InChI is InChI=1S/C14H20FN3O/c1-16-10-11-6-8-18(9-7-11)14(19)17-13-4-2-12(15)3-5-13/h2-5,11,16H,6-10H2,1H3,(H,17,19). The van der Waals surface area contributed by atoms with Gasteiger partial charge in [-0.05, 0) is 56.6 Å². The normalized spacial score (nSPS) is 16.4. The predicted molar refractivity (Wildman–Crippen MR) is 73.6 cm³/mol. The first kappa shape index (κ1) is 13.8. The summed E-state index contributed by atoms with van der Waals surface area (Å²) in [6.07, 6.45) is 2.05. The average Bonchev–Trinajstić information content (AvgIpc) is 2.42. The fourth-order valence-corrected chi connectivity index (χ4v) is 2.36. The van der Waals surface area contributed by atoms with Crippen LogP contribution in [-0.2, 0) is 0 Å². The van der Waals surface area contributed by atoms with Crippen LogP contribution in [0.25, 0.3) is 0 Å². The van der Waals surface area contributed by atoms with Crippen molar-refractivity contribution in [3.05, 3.63) is 30.1 Å². The molecule has 104 valence electrons. The molecule has 1 aromatic rings. The fraction of sp³-hybridized carbons (Fsp3) is 0.500. The largest absolute Gasteiger partial charge is 0.325 e. The number of benzene rings is 1. The van der Waals surface area contributed by atoms with Crippen LogP contribution in [0.2, 0.25) is 0 Å². The lowest BCUT2D eigenvalue weighted by Gasteiger charge is -2.31. The lowest BCUT2D eigenvalue weighted by atomic mass is 9.97. The number of hydrogen-bond donors (Lipinski definition) is 2. The quantitative estimate of drug-likeness (QED) is 0.880. The zero-order valence-corrected chi connectivity index (χ0v) is 11.2. The van der Waals surface area contributed by atoms with Gasteiger partial charge in [0.25, 0.3) is 0 Å². The summed E-state index contributed by atoms with van der Waals surface area (Å²) in [7, 11) is 1.95. The van der Waals surface area contributed by atoms with Gasteiger partial charge in [-0.1, -0.05) is 0 Å². The van der Waals surface area contributed by atoms with Crippen LogP contribution in [0.3, 0.4) is 0 Å². The van der Waals surface area contributed by atoms with Gasteiger partial charge >= 0.3 is 6.03 Å². The van der Waals surface area contributed by atoms with E-state index in [0.29, 0.717) is 11.6 Å². The van der Waals surface area contributed by atoms with Gasteiger partial charge in [0.05, 0.1) is 0 Å². The van der Waals surface area contributed by atoms with Crippen LogP contribution in [0.1, 0.15) is 12.8 Å². The third kappa shape index (κ3) is 3.92. The van der Waals surface area contributed by atoms with Crippen molar-refractivity contribution in [3.63, 3.8) is 0 Å². The van der Waals surface area contributed by atoms with Gasteiger partial charge in [-0.2, -0.15) is 0 Å². The third-order valence-electron chi connectivity index (χ3n) is 3.49. The van der Waals surface area contributed by atoms with Crippen molar-refractivity contribution < 1.29 is 9.18 Å². The Morgan fingerprint density at radius 3 is 2.53 bits per heavy atom. The number of amides is 2. The van der Waals surface area contributed by atoms with E-state index < -0.39 is 0 Å². The SMILES string of the molecule is CNCC1CCN(C(=O)Nc2ccc(F)cc2)CC1. The Balaban J connectivity index is 1.83. The molecule has 1 aliphatic rings. The van der Waals surface area contributed by atoms with Gasteiger partial charge in [-0.25, -0.2) is 9.18 Å². The molecule has 0 atom stereocenters. The molecular weight excluding hydrogens is 245 g/mol. The molecule has 1 heterocycles. The number of piperidine rings is 1. The number of carbonyl (C=O) groups is 1. The van der Waals surface area contributed by atoms with E-state index in [1.54, 1.807) is 12.1 Å². The van der Waals surface area contributed by atoms with Gasteiger partial charge in [0.1, 0.15) is 5.82 Å². The molecular formula is C14H20FN3O. The summed E-state index contributed by atoms with van der Waals surface area (Å²) in [6, 6.07) is 5.72. The lowest BCUT2D eigenvalue weighted by molar-refractivity contribution is 0.182. The van der Waals surface area contributed by atoms with Gasteiger partial charge in [0.15, 0.2) is 0 Å². The minimum absolute atomic E-state index is 0.102. The van der Waals surface area contributed by atoms with Crippen LogP contribution >= 0.6 is 0 Å². The number of likely N-dealkylation sites (tertiary alicyclic amines) is 1. The molecule has 19 heavy (non-hydrogen) atoms. The van der Waals surface area contributed by atoms with E-state index in [9.17, 15) is 9.18 Å². The minimum Gasteiger partial charge on any atom is -0.325 e. The second kappa shape index (κ2) is 6.52. The molecule has 5 heteroatoms. The maximum atomic E-state index is 12.8. The summed E-state index contributed by atoms with van der Waals surface area (Å²) < 4.78 is 12.8. The summed E-state index contributed by atoms with van der Waals surface area (Å²) in [6.45, 7) is 2.56. The van der Waals surface area contributed by atoms with E-state index in [0.717, 1.165) is 32.5 Å².